The van der Waals surface area contributed by atoms with Crippen molar-refractivity contribution in [2.24, 2.45) is 0 Å². The Morgan fingerprint density at radius 3 is 2.27 bits per heavy atom. The standard InChI is InChI=1S/C14H15F3N2O2S/c1-13(2,3)11-18-12(22-19-11)21-10-7-5-4-6-9(10)20-8-14(15,16)17/h4-7H,8H2,1-3H3. The number of halogens is 3. The molecular formula is C14H15F3N2O2S. The first-order valence-electron chi connectivity index (χ1n) is 6.46. The van der Waals surface area contributed by atoms with Crippen LogP contribution in [-0.4, -0.2) is 22.1 Å². The third kappa shape index (κ3) is 4.59. The summed E-state index contributed by atoms with van der Waals surface area (Å²) in [5, 5.41) is 0.257. The van der Waals surface area contributed by atoms with Crippen LogP contribution in [0.25, 0.3) is 0 Å². The van der Waals surface area contributed by atoms with Crippen molar-refractivity contribution in [1.82, 2.24) is 9.36 Å². The maximum atomic E-state index is 12.2. The van der Waals surface area contributed by atoms with Crippen LogP contribution in [0.5, 0.6) is 16.7 Å². The minimum Gasteiger partial charge on any atom is -0.480 e. The molecule has 0 fully saturated rings. The van der Waals surface area contributed by atoms with Gasteiger partial charge in [0.25, 0.3) is 5.19 Å². The van der Waals surface area contributed by atoms with Gasteiger partial charge < -0.3 is 9.47 Å². The predicted octanol–water partition coefficient (Wildman–Crippen LogP) is 4.57. The molecule has 0 spiro atoms. The molecule has 8 heteroatoms. The Kier molecular flexibility index (Phi) is 4.60. The van der Waals surface area contributed by atoms with E-state index < -0.39 is 12.8 Å². The molecule has 22 heavy (non-hydrogen) atoms. The molecule has 1 heterocycles. The molecule has 0 atom stereocenters. The molecule has 2 aromatic rings. The number of alkyl halides is 3. The summed E-state index contributed by atoms with van der Waals surface area (Å²) in [6.07, 6.45) is -4.41. The van der Waals surface area contributed by atoms with E-state index in [1.165, 1.54) is 12.1 Å². The van der Waals surface area contributed by atoms with Gasteiger partial charge in [-0.3, -0.25) is 0 Å². The van der Waals surface area contributed by atoms with E-state index >= 15 is 0 Å². The lowest BCUT2D eigenvalue weighted by Crippen LogP contribution is -2.19. The van der Waals surface area contributed by atoms with Crippen LogP contribution in [0.1, 0.15) is 26.6 Å². The average Bonchev–Trinajstić information content (AvgIpc) is 2.85. The largest absolute Gasteiger partial charge is 0.480 e. The van der Waals surface area contributed by atoms with Crippen LogP contribution >= 0.6 is 11.5 Å². The van der Waals surface area contributed by atoms with Crippen molar-refractivity contribution in [1.29, 1.82) is 0 Å². The third-order valence-electron chi connectivity index (χ3n) is 2.52. The maximum Gasteiger partial charge on any atom is 0.422 e. The van der Waals surface area contributed by atoms with Gasteiger partial charge in [0.1, 0.15) is 0 Å². The van der Waals surface area contributed by atoms with Gasteiger partial charge in [0.05, 0.1) is 0 Å². The van der Waals surface area contributed by atoms with Crippen LogP contribution in [0.15, 0.2) is 24.3 Å². The Hall–Kier alpha value is -1.83. The summed E-state index contributed by atoms with van der Waals surface area (Å²) in [5.41, 5.74) is -0.232. The minimum absolute atomic E-state index is 0.00679. The summed E-state index contributed by atoms with van der Waals surface area (Å²) in [5.74, 6) is 0.789. The van der Waals surface area contributed by atoms with Crippen LogP contribution < -0.4 is 9.47 Å². The normalized spacial score (nSPS) is 12.3. The van der Waals surface area contributed by atoms with E-state index in [4.69, 9.17) is 9.47 Å². The van der Waals surface area contributed by atoms with Crippen molar-refractivity contribution < 1.29 is 22.6 Å². The average molecular weight is 332 g/mol. The minimum atomic E-state index is -4.41. The van der Waals surface area contributed by atoms with Gasteiger partial charge in [-0.1, -0.05) is 32.9 Å². The Bertz CT molecular complexity index is 636. The fourth-order valence-electron chi connectivity index (χ4n) is 1.46. The van der Waals surface area contributed by atoms with Crippen LogP contribution in [0.2, 0.25) is 0 Å². The monoisotopic (exact) mass is 332 g/mol. The van der Waals surface area contributed by atoms with Crippen LogP contribution in [0.4, 0.5) is 13.2 Å². The fraction of sp³-hybridized carbons (Fsp3) is 0.429. The maximum absolute atomic E-state index is 12.2. The molecular weight excluding hydrogens is 317 g/mol. The van der Waals surface area contributed by atoms with E-state index in [1.807, 2.05) is 20.8 Å². The molecule has 0 N–H and O–H groups in total. The zero-order valence-corrected chi connectivity index (χ0v) is 13.1. The molecule has 0 aliphatic rings. The van der Waals surface area contributed by atoms with Gasteiger partial charge in [-0.05, 0) is 12.1 Å². The van der Waals surface area contributed by atoms with E-state index in [0.717, 1.165) is 11.5 Å². The zero-order valence-electron chi connectivity index (χ0n) is 12.3. The molecule has 2 rings (SSSR count). The zero-order chi connectivity index (χ0) is 16.4. The van der Waals surface area contributed by atoms with Gasteiger partial charge in [0, 0.05) is 16.9 Å². The van der Waals surface area contributed by atoms with Crippen molar-refractivity contribution in [2.45, 2.75) is 32.4 Å². The smallest absolute Gasteiger partial charge is 0.422 e. The predicted molar refractivity (Wildman–Crippen MR) is 76.7 cm³/mol. The van der Waals surface area contributed by atoms with Gasteiger partial charge in [-0.25, -0.2) is 0 Å². The van der Waals surface area contributed by atoms with Gasteiger partial charge in [-0.2, -0.15) is 22.5 Å². The Morgan fingerprint density at radius 1 is 1.09 bits per heavy atom. The first-order chi connectivity index (χ1) is 10.1. The molecule has 0 bridgehead atoms. The van der Waals surface area contributed by atoms with Crippen molar-refractivity contribution in [3.63, 3.8) is 0 Å². The quantitative estimate of drug-likeness (QED) is 0.823. The van der Waals surface area contributed by atoms with Crippen LogP contribution in [0, 0.1) is 0 Å². The number of aromatic nitrogens is 2. The van der Waals surface area contributed by atoms with E-state index in [0.29, 0.717) is 5.82 Å². The van der Waals surface area contributed by atoms with Gasteiger partial charge in [-0.15, -0.1) is 0 Å². The second-order valence-electron chi connectivity index (χ2n) is 5.59. The summed E-state index contributed by atoms with van der Waals surface area (Å²) in [6, 6.07) is 6.14. The number of hydrogen-bond donors (Lipinski definition) is 0. The van der Waals surface area contributed by atoms with E-state index in [9.17, 15) is 13.2 Å². The highest BCUT2D eigenvalue weighted by molar-refractivity contribution is 7.07. The summed E-state index contributed by atoms with van der Waals surface area (Å²) in [4.78, 5) is 4.23. The first-order valence-corrected chi connectivity index (χ1v) is 7.23. The molecule has 4 nitrogen and oxygen atoms in total. The molecule has 1 aromatic carbocycles. The van der Waals surface area contributed by atoms with Crippen molar-refractivity contribution >= 4 is 11.5 Å². The second-order valence-corrected chi connectivity index (χ2v) is 6.30. The van der Waals surface area contributed by atoms with Crippen LogP contribution in [-0.2, 0) is 5.41 Å². The Labute approximate surface area is 130 Å². The topological polar surface area (TPSA) is 44.2 Å². The van der Waals surface area contributed by atoms with Crippen LogP contribution in [0.3, 0.4) is 0 Å². The van der Waals surface area contributed by atoms with E-state index in [-0.39, 0.29) is 22.1 Å². The molecule has 0 saturated heterocycles. The second kappa shape index (κ2) is 6.12. The molecule has 0 amide bonds. The highest BCUT2D eigenvalue weighted by atomic mass is 32.1. The Morgan fingerprint density at radius 2 is 1.73 bits per heavy atom. The molecule has 0 aliphatic carbocycles. The SMILES string of the molecule is CC(C)(C)c1nsc(Oc2ccccc2OCC(F)(F)F)n1. The lowest BCUT2D eigenvalue weighted by Gasteiger charge is -2.13. The molecule has 1 aromatic heterocycles. The lowest BCUT2D eigenvalue weighted by molar-refractivity contribution is -0.153. The Balaban J connectivity index is 2.14. The van der Waals surface area contributed by atoms with Gasteiger partial charge >= 0.3 is 6.18 Å². The fourth-order valence-corrected chi connectivity index (χ4v) is 2.20. The summed E-state index contributed by atoms with van der Waals surface area (Å²) in [7, 11) is 0. The molecule has 0 unspecified atom stereocenters. The number of para-hydroxylation sites is 2. The van der Waals surface area contributed by atoms with Gasteiger partial charge in [0.15, 0.2) is 23.9 Å². The summed E-state index contributed by atoms with van der Waals surface area (Å²) < 4.78 is 51.2. The van der Waals surface area contributed by atoms with Crippen molar-refractivity contribution in [2.75, 3.05) is 6.61 Å². The third-order valence-corrected chi connectivity index (χ3v) is 3.11. The van der Waals surface area contributed by atoms with E-state index in [2.05, 4.69) is 9.36 Å². The first kappa shape index (κ1) is 16.5. The number of hydrogen-bond acceptors (Lipinski definition) is 5. The number of ether oxygens (including phenoxy) is 2. The number of rotatable bonds is 4. The number of benzene rings is 1. The van der Waals surface area contributed by atoms with E-state index in [1.54, 1.807) is 12.1 Å². The van der Waals surface area contributed by atoms with Crippen molar-refractivity contribution in [3.05, 3.63) is 30.1 Å². The molecule has 0 saturated carbocycles. The summed E-state index contributed by atoms with van der Waals surface area (Å²) >= 11 is 1.04. The van der Waals surface area contributed by atoms with Crippen molar-refractivity contribution in [3.8, 4) is 16.7 Å². The lowest BCUT2D eigenvalue weighted by atomic mass is 9.96. The highest BCUT2D eigenvalue weighted by Crippen LogP contribution is 2.34. The molecule has 120 valence electrons. The molecule has 0 aliphatic heterocycles. The van der Waals surface area contributed by atoms with Gasteiger partial charge in [0.2, 0.25) is 0 Å². The number of nitrogens with zero attached hydrogens (tertiary/aromatic N) is 2. The highest BCUT2D eigenvalue weighted by Gasteiger charge is 2.29. The molecule has 0 radical (unpaired) electrons. The summed E-state index contributed by atoms with van der Waals surface area (Å²) in [6.45, 7) is 4.49.